The molecule has 0 radical (unpaired) electrons. The summed E-state index contributed by atoms with van der Waals surface area (Å²) in [6, 6.07) is 3.84. The van der Waals surface area contributed by atoms with Gasteiger partial charge in [-0.1, -0.05) is 0 Å². The summed E-state index contributed by atoms with van der Waals surface area (Å²) in [5, 5.41) is 6.80. The molecule has 0 saturated carbocycles. The molecule has 0 aliphatic carbocycles. The van der Waals surface area contributed by atoms with E-state index in [1.807, 2.05) is 19.1 Å². The monoisotopic (exact) mass is 198 g/mol. The normalized spacial score (nSPS) is 9.62. The fourth-order valence-electron chi connectivity index (χ4n) is 0.977. The zero-order valence-electron chi connectivity index (χ0n) is 7.67. The fraction of sp³-hybridized carbons (Fsp3) is 0.444. The van der Waals surface area contributed by atoms with Crippen LogP contribution in [-0.2, 0) is 6.42 Å². The number of hydrogen-bond acceptors (Lipinski definition) is 2. The Morgan fingerprint density at radius 1 is 1.54 bits per heavy atom. The number of furan rings is 1. The lowest BCUT2D eigenvalue weighted by Crippen LogP contribution is -2.36. The van der Waals surface area contributed by atoms with Gasteiger partial charge in [0.15, 0.2) is 5.11 Å². The summed E-state index contributed by atoms with van der Waals surface area (Å²) >= 11 is 5.00. The first-order valence-corrected chi connectivity index (χ1v) is 4.78. The van der Waals surface area contributed by atoms with Crippen molar-refractivity contribution in [2.24, 2.45) is 0 Å². The molecule has 0 spiro atoms. The summed E-state index contributed by atoms with van der Waals surface area (Å²) in [5.74, 6) is 0.979. The van der Waals surface area contributed by atoms with Gasteiger partial charge in [-0.25, -0.2) is 0 Å². The third-order valence-corrected chi connectivity index (χ3v) is 1.86. The largest absolute Gasteiger partial charge is 0.469 e. The summed E-state index contributed by atoms with van der Waals surface area (Å²) in [6.45, 7) is 3.67. The van der Waals surface area contributed by atoms with Crippen LogP contribution in [0.1, 0.15) is 12.7 Å². The molecule has 0 aliphatic rings. The van der Waals surface area contributed by atoms with Crippen LogP contribution in [0.2, 0.25) is 0 Å². The molecule has 13 heavy (non-hydrogen) atoms. The molecule has 0 atom stereocenters. The predicted octanol–water partition coefficient (Wildman–Crippen LogP) is 1.31. The molecule has 1 heterocycles. The van der Waals surface area contributed by atoms with E-state index in [2.05, 4.69) is 10.6 Å². The average Bonchev–Trinajstić information content (AvgIpc) is 2.57. The molecule has 0 unspecified atom stereocenters. The van der Waals surface area contributed by atoms with E-state index in [0.29, 0.717) is 5.11 Å². The Hall–Kier alpha value is -1.03. The molecule has 2 N–H and O–H groups in total. The summed E-state index contributed by atoms with van der Waals surface area (Å²) in [5.41, 5.74) is 0. The average molecular weight is 198 g/mol. The van der Waals surface area contributed by atoms with Gasteiger partial charge in [0.25, 0.3) is 0 Å². The first-order chi connectivity index (χ1) is 6.33. The minimum Gasteiger partial charge on any atom is -0.469 e. The molecule has 4 heteroatoms. The molecule has 0 amide bonds. The zero-order valence-corrected chi connectivity index (χ0v) is 8.49. The highest BCUT2D eigenvalue weighted by atomic mass is 32.1. The molecule has 0 bridgehead atoms. The zero-order chi connectivity index (χ0) is 9.52. The van der Waals surface area contributed by atoms with Crippen molar-refractivity contribution in [1.82, 2.24) is 10.6 Å². The SMILES string of the molecule is CCNC(=S)NCCc1ccco1. The maximum atomic E-state index is 5.17. The van der Waals surface area contributed by atoms with Gasteiger partial charge in [0.1, 0.15) is 5.76 Å². The molecule has 0 fully saturated rings. The van der Waals surface area contributed by atoms with Gasteiger partial charge in [0.2, 0.25) is 0 Å². The summed E-state index contributed by atoms with van der Waals surface area (Å²) in [7, 11) is 0. The van der Waals surface area contributed by atoms with Crippen LogP contribution in [0.4, 0.5) is 0 Å². The van der Waals surface area contributed by atoms with Gasteiger partial charge in [0, 0.05) is 19.5 Å². The molecule has 3 nitrogen and oxygen atoms in total. The molecule has 1 aromatic heterocycles. The van der Waals surface area contributed by atoms with E-state index in [-0.39, 0.29) is 0 Å². The van der Waals surface area contributed by atoms with Crippen LogP contribution in [0.25, 0.3) is 0 Å². The Labute approximate surface area is 83.5 Å². The second-order valence-corrected chi connectivity index (χ2v) is 3.02. The Morgan fingerprint density at radius 2 is 2.38 bits per heavy atom. The highest BCUT2D eigenvalue weighted by Gasteiger charge is 1.95. The second-order valence-electron chi connectivity index (χ2n) is 2.62. The van der Waals surface area contributed by atoms with Crippen LogP contribution >= 0.6 is 12.2 Å². The van der Waals surface area contributed by atoms with Gasteiger partial charge in [0.05, 0.1) is 6.26 Å². The number of hydrogen-bond donors (Lipinski definition) is 2. The molecular formula is C9H14N2OS. The number of nitrogens with one attached hydrogen (secondary N) is 2. The Morgan fingerprint density at radius 3 is 3.00 bits per heavy atom. The van der Waals surface area contributed by atoms with Gasteiger partial charge < -0.3 is 15.1 Å². The molecule has 1 aromatic rings. The van der Waals surface area contributed by atoms with E-state index < -0.39 is 0 Å². The van der Waals surface area contributed by atoms with Crippen LogP contribution < -0.4 is 10.6 Å². The van der Waals surface area contributed by atoms with Gasteiger partial charge >= 0.3 is 0 Å². The third-order valence-electron chi connectivity index (χ3n) is 1.57. The maximum Gasteiger partial charge on any atom is 0.166 e. The van der Waals surface area contributed by atoms with Crippen molar-refractivity contribution in [3.8, 4) is 0 Å². The number of thiocarbonyl (C=S) groups is 1. The molecule has 0 aliphatic heterocycles. The highest BCUT2D eigenvalue weighted by Crippen LogP contribution is 1.99. The first kappa shape index (κ1) is 10.1. The predicted molar refractivity (Wildman–Crippen MR) is 56.7 cm³/mol. The standard InChI is InChI=1S/C9H14N2OS/c1-2-10-9(13)11-6-5-8-4-3-7-12-8/h3-4,7H,2,5-6H2,1H3,(H2,10,11,13). The summed E-state index contributed by atoms with van der Waals surface area (Å²) in [6.07, 6.45) is 2.54. The van der Waals surface area contributed by atoms with Crippen molar-refractivity contribution in [2.75, 3.05) is 13.1 Å². The first-order valence-electron chi connectivity index (χ1n) is 4.37. The van der Waals surface area contributed by atoms with Gasteiger partial charge in [-0.15, -0.1) is 0 Å². The Bertz CT molecular complexity index is 246. The smallest absolute Gasteiger partial charge is 0.166 e. The quantitative estimate of drug-likeness (QED) is 0.715. The summed E-state index contributed by atoms with van der Waals surface area (Å²) < 4.78 is 5.17. The minimum atomic E-state index is 0.703. The molecule has 1 rings (SSSR count). The molecule has 0 saturated heterocycles. The van der Waals surface area contributed by atoms with Crippen LogP contribution in [0.3, 0.4) is 0 Å². The van der Waals surface area contributed by atoms with Crippen molar-refractivity contribution in [3.05, 3.63) is 24.2 Å². The minimum absolute atomic E-state index is 0.703. The van der Waals surface area contributed by atoms with Crippen molar-refractivity contribution < 1.29 is 4.42 Å². The van der Waals surface area contributed by atoms with Gasteiger partial charge in [-0.3, -0.25) is 0 Å². The van der Waals surface area contributed by atoms with Crippen LogP contribution in [0.15, 0.2) is 22.8 Å². The Kier molecular flexibility index (Phi) is 4.32. The molecule has 0 aromatic carbocycles. The van der Waals surface area contributed by atoms with Crippen LogP contribution in [0.5, 0.6) is 0 Å². The van der Waals surface area contributed by atoms with Crippen molar-refractivity contribution in [1.29, 1.82) is 0 Å². The van der Waals surface area contributed by atoms with Crippen molar-refractivity contribution in [2.45, 2.75) is 13.3 Å². The lowest BCUT2D eigenvalue weighted by molar-refractivity contribution is 0.507. The number of rotatable bonds is 4. The topological polar surface area (TPSA) is 37.2 Å². The summed E-state index contributed by atoms with van der Waals surface area (Å²) in [4.78, 5) is 0. The van der Waals surface area contributed by atoms with Gasteiger partial charge in [-0.2, -0.15) is 0 Å². The molecular weight excluding hydrogens is 184 g/mol. The van der Waals surface area contributed by atoms with E-state index in [1.54, 1.807) is 6.26 Å². The van der Waals surface area contributed by atoms with E-state index in [0.717, 1.165) is 25.3 Å². The highest BCUT2D eigenvalue weighted by molar-refractivity contribution is 7.80. The Balaban J connectivity index is 2.11. The second kappa shape index (κ2) is 5.59. The van der Waals surface area contributed by atoms with E-state index in [1.165, 1.54) is 0 Å². The lowest BCUT2D eigenvalue weighted by Gasteiger charge is -2.06. The van der Waals surface area contributed by atoms with E-state index in [4.69, 9.17) is 16.6 Å². The van der Waals surface area contributed by atoms with E-state index in [9.17, 15) is 0 Å². The third kappa shape index (κ3) is 3.94. The lowest BCUT2D eigenvalue weighted by atomic mass is 10.3. The maximum absolute atomic E-state index is 5.17. The fourth-order valence-corrected chi connectivity index (χ4v) is 1.22. The van der Waals surface area contributed by atoms with Crippen molar-refractivity contribution in [3.63, 3.8) is 0 Å². The van der Waals surface area contributed by atoms with Crippen molar-refractivity contribution >= 4 is 17.3 Å². The van der Waals surface area contributed by atoms with E-state index >= 15 is 0 Å². The van der Waals surface area contributed by atoms with Gasteiger partial charge in [-0.05, 0) is 31.3 Å². The van der Waals surface area contributed by atoms with Crippen LogP contribution in [-0.4, -0.2) is 18.2 Å². The van der Waals surface area contributed by atoms with Crippen LogP contribution in [0, 0.1) is 0 Å². The molecule has 72 valence electrons.